The number of methoxy groups -OCH3 is 1. The number of benzene rings is 1. The highest BCUT2D eigenvalue weighted by Gasteiger charge is 2.18. The average molecular weight is 478 g/mol. The molecule has 1 heterocycles. The van der Waals surface area contributed by atoms with Crippen LogP contribution in [0.25, 0.3) is 0 Å². The molecule has 4 N–H and O–H groups in total. The zero-order valence-electron chi connectivity index (χ0n) is 15.3. The van der Waals surface area contributed by atoms with Gasteiger partial charge < -0.3 is 20.6 Å². The largest absolute Gasteiger partial charge is 0.409 e. The number of halogens is 2. The molecule has 2 rings (SSSR count). The number of ether oxygens (including phenoxy) is 1. The number of anilines is 2. The predicted molar refractivity (Wildman–Crippen MR) is 109 cm³/mol. The number of aromatic nitrogens is 2. The Bertz CT molecular complexity index is 943. The summed E-state index contributed by atoms with van der Waals surface area (Å²) in [6.07, 6.45) is 1.78. The van der Waals surface area contributed by atoms with E-state index in [1.807, 2.05) is 0 Å². The number of hydrogen-bond donors (Lipinski definition) is 4. The second-order valence-electron chi connectivity index (χ2n) is 5.68. The Hall–Kier alpha value is -2.25. The molecular formula is C15H21BrFN7O3S. The molecule has 0 spiro atoms. The summed E-state index contributed by atoms with van der Waals surface area (Å²) in [5.74, 6) is 0.268. The maximum Gasteiger partial charge on any atom is 0.203 e. The third-order valence-corrected chi connectivity index (χ3v) is 5.82. The molecule has 0 radical (unpaired) electrons. The molecule has 0 aliphatic heterocycles. The molecule has 0 saturated heterocycles. The molecule has 0 aliphatic rings. The first-order valence-electron chi connectivity index (χ1n) is 8.05. The maximum absolute atomic E-state index is 13.4. The molecule has 10 nitrogen and oxygen atoms in total. The first-order chi connectivity index (χ1) is 13.4. The summed E-state index contributed by atoms with van der Waals surface area (Å²) < 4.78 is 35.8. The van der Waals surface area contributed by atoms with Crippen molar-refractivity contribution in [3.63, 3.8) is 0 Å². The van der Waals surface area contributed by atoms with Crippen LogP contribution in [-0.2, 0) is 14.4 Å². The van der Waals surface area contributed by atoms with Gasteiger partial charge in [-0.05, 0) is 44.4 Å². The predicted octanol–water partition coefficient (Wildman–Crippen LogP) is 3.01. The molecule has 0 fully saturated rings. The quantitative estimate of drug-likeness (QED) is 0.143. The molecule has 13 heteroatoms. The fraction of sp³-hybridized carbons (Fsp3) is 0.400. The van der Waals surface area contributed by atoms with Crippen LogP contribution in [-0.4, -0.2) is 60.2 Å². The smallest absolute Gasteiger partial charge is 0.203 e. The summed E-state index contributed by atoms with van der Waals surface area (Å²) in [6, 6.07) is 4.21. The lowest BCUT2D eigenvalue weighted by molar-refractivity contribution is 0.208. The molecule has 1 aromatic heterocycles. The van der Waals surface area contributed by atoms with E-state index in [0.717, 1.165) is 0 Å². The van der Waals surface area contributed by atoms with Gasteiger partial charge in [-0.25, -0.2) is 9.02 Å². The summed E-state index contributed by atoms with van der Waals surface area (Å²) in [5.41, 5.74) is 0.607. The highest BCUT2D eigenvalue weighted by atomic mass is 79.9. The van der Waals surface area contributed by atoms with E-state index in [-0.39, 0.29) is 21.8 Å². The molecule has 0 aliphatic carbocycles. The van der Waals surface area contributed by atoms with Crippen molar-refractivity contribution in [2.45, 2.75) is 0 Å². The van der Waals surface area contributed by atoms with Gasteiger partial charge in [-0.15, -0.1) is 0 Å². The fourth-order valence-electron chi connectivity index (χ4n) is 2.06. The van der Waals surface area contributed by atoms with E-state index >= 15 is 0 Å². The minimum atomic E-state index is -1.89. The van der Waals surface area contributed by atoms with E-state index in [4.69, 9.17) is 14.1 Å². The first-order valence-corrected chi connectivity index (χ1v) is 11.0. The summed E-state index contributed by atoms with van der Waals surface area (Å²) in [4.78, 5) is 0. The SMILES string of the molecule is COCCN=S(C)(=N)CCNc1nonc1/C(=N/O)Nc1ccc(F)c(Br)c1. The minimum absolute atomic E-state index is 0.0342. The lowest BCUT2D eigenvalue weighted by atomic mass is 10.3. The van der Waals surface area contributed by atoms with E-state index < -0.39 is 15.4 Å². The molecule has 154 valence electrons. The Labute approximate surface area is 170 Å². The molecule has 1 aromatic carbocycles. The summed E-state index contributed by atoms with van der Waals surface area (Å²) in [5, 5.41) is 25.8. The number of nitrogens with one attached hydrogen (secondary N) is 3. The Morgan fingerprint density at radius 3 is 2.93 bits per heavy atom. The lowest BCUT2D eigenvalue weighted by Crippen LogP contribution is -2.19. The third kappa shape index (κ3) is 6.42. The lowest BCUT2D eigenvalue weighted by Gasteiger charge is -2.10. The molecule has 2 aromatic rings. The van der Waals surface area contributed by atoms with E-state index in [1.165, 1.54) is 18.2 Å². The maximum atomic E-state index is 13.4. The van der Waals surface area contributed by atoms with Crippen molar-refractivity contribution in [2.75, 3.05) is 49.4 Å². The van der Waals surface area contributed by atoms with Crippen molar-refractivity contribution in [3.8, 4) is 0 Å². The van der Waals surface area contributed by atoms with Gasteiger partial charge in [-0.3, -0.25) is 9.14 Å². The standard InChI is InChI=1S/C15H21BrFN7O3S/c1-26-7-5-20-28(2,18)8-6-19-14-13(23-27-24-14)15(22-25)21-10-3-4-12(17)11(16)9-10/h3-4,9,18,25H,5-8H2,1-2H3,(H,19,24)(H,21,22). The van der Waals surface area contributed by atoms with Crippen LogP contribution in [0.5, 0.6) is 0 Å². The second-order valence-corrected chi connectivity index (χ2v) is 9.28. The molecule has 1 unspecified atom stereocenters. The Kier molecular flexibility index (Phi) is 8.14. The van der Waals surface area contributed by atoms with Crippen LogP contribution in [0, 0.1) is 10.6 Å². The van der Waals surface area contributed by atoms with Gasteiger partial charge in [0.05, 0.1) is 17.6 Å². The minimum Gasteiger partial charge on any atom is -0.409 e. The van der Waals surface area contributed by atoms with Crippen LogP contribution in [0.1, 0.15) is 5.69 Å². The first kappa shape index (κ1) is 22.0. The monoisotopic (exact) mass is 477 g/mol. The highest BCUT2D eigenvalue weighted by molar-refractivity contribution is 9.10. The van der Waals surface area contributed by atoms with Gasteiger partial charge in [0, 0.05) is 31.4 Å². The van der Waals surface area contributed by atoms with Crippen molar-refractivity contribution in [1.82, 2.24) is 10.3 Å². The Morgan fingerprint density at radius 1 is 1.46 bits per heavy atom. The van der Waals surface area contributed by atoms with Gasteiger partial charge in [-0.2, -0.15) is 0 Å². The topological polar surface area (TPSA) is 141 Å². The summed E-state index contributed by atoms with van der Waals surface area (Å²) >= 11 is 3.09. The highest BCUT2D eigenvalue weighted by Crippen LogP contribution is 2.21. The fourth-order valence-corrected chi connectivity index (χ4v) is 3.55. The zero-order valence-corrected chi connectivity index (χ0v) is 17.7. The second kappa shape index (κ2) is 10.3. The van der Waals surface area contributed by atoms with E-state index in [1.54, 1.807) is 13.4 Å². The third-order valence-electron chi connectivity index (χ3n) is 3.46. The number of amidine groups is 1. The molecule has 28 heavy (non-hydrogen) atoms. The van der Waals surface area contributed by atoms with Crippen LogP contribution in [0.2, 0.25) is 0 Å². The average Bonchev–Trinajstić information content (AvgIpc) is 3.11. The van der Waals surface area contributed by atoms with Crippen LogP contribution >= 0.6 is 15.9 Å². The van der Waals surface area contributed by atoms with Crippen molar-refractivity contribution >= 4 is 42.9 Å². The number of nitrogens with zero attached hydrogens (tertiary/aromatic N) is 4. The normalized spacial score (nSPS) is 13.8. The Balaban J connectivity index is 2.04. The van der Waals surface area contributed by atoms with E-state index in [9.17, 15) is 9.60 Å². The van der Waals surface area contributed by atoms with Crippen LogP contribution in [0.3, 0.4) is 0 Å². The van der Waals surface area contributed by atoms with Crippen LogP contribution < -0.4 is 10.6 Å². The molecule has 0 saturated carbocycles. The number of oxime groups is 1. The van der Waals surface area contributed by atoms with Crippen molar-refractivity contribution in [2.24, 2.45) is 9.52 Å². The van der Waals surface area contributed by atoms with Crippen molar-refractivity contribution in [1.29, 1.82) is 4.78 Å². The van der Waals surface area contributed by atoms with E-state index in [2.05, 4.69) is 46.4 Å². The van der Waals surface area contributed by atoms with Gasteiger partial charge in [0.25, 0.3) is 0 Å². The summed E-state index contributed by atoms with van der Waals surface area (Å²) in [6.45, 7) is 1.35. The van der Waals surface area contributed by atoms with Gasteiger partial charge in [0.15, 0.2) is 5.69 Å². The molecule has 0 amide bonds. The number of hydrogen-bond acceptors (Lipinski definition) is 9. The Morgan fingerprint density at radius 2 is 2.25 bits per heavy atom. The molecular weight excluding hydrogens is 457 g/mol. The zero-order chi connectivity index (χ0) is 20.6. The van der Waals surface area contributed by atoms with Gasteiger partial charge in [-0.1, -0.05) is 14.8 Å². The van der Waals surface area contributed by atoms with Gasteiger partial charge in [0.2, 0.25) is 11.7 Å². The molecule has 0 bridgehead atoms. The van der Waals surface area contributed by atoms with Crippen LogP contribution in [0.15, 0.2) is 36.8 Å². The number of rotatable bonds is 9. The van der Waals surface area contributed by atoms with Crippen LogP contribution in [0.4, 0.5) is 15.9 Å². The van der Waals surface area contributed by atoms with Gasteiger partial charge >= 0.3 is 0 Å². The van der Waals surface area contributed by atoms with Gasteiger partial charge in [0.1, 0.15) is 5.82 Å². The van der Waals surface area contributed by atoms with E-state index in [0.29, 0.717) is 31.1 Å². The van der Waals surface area contributed by atoms with Crippen molar-refractivity contribution in [3.05, 3.63) is 34.2 Å². The van der Waals surface area contributed by atoms with Crippen molar-refractivity contribution < 1.29 is 19.0 Å². The summed E-state index contributed by atoms with van der Waals surface area (Å²) in [7, 11) is -0.296. The molecule has 1 atom stereocenters.